The van der Waals surface area contributed by atoms with Crippen molar-refractivity contribution >= 4 is 10.9 Å². The second kappa shape index (κ2) is 2.35. The Morgan fingerprint density at radius 2 is 2.25 bits per heavy atom. The summed E-state index contributed by atoms with van der Waals surface area (Å²) in [4.78, 5) is 2.82. The molecule has 1 N–H and O–H groups in total. The van der Waals surface area contributed by atoms with E-state index in [1.165, 1.54) is 12.3 Å². The topological polar surface area (TPSA) is 39.6 Å². The molecule has 1 aromatic heterocycles. The fourth-order valence-electron chi connectivity index (χ4n) is 1.23. The smallest absolute Gasteiger partial charge is 0.133 e. The summed E-state index contributed by atoms with van der Waals surface area (Å²) in [6.45, 7) is 0. The third-order valence-electron chi connectivity index (χ3n) is 1.78. The molecule has 12 heavy (non-hydrogen) atoms. The Morgan fingerprint density at radius 1 is 1.42 bits per heavy atom. The largest absolute Gasteiger partial charge is 0.360 e. The van der Waals surface area contributed by atoms with Crippen LogP contribution in [-0.2, 0) is 0 Å². The first kappa shape index (κ1) is 6.86. The zero-order valence-corrected chi connectivity index (χ0v) is 6.13. The van der Waals surface area contributed by atoms with Crippen molar-refractivity contribution in [2.75, 3.05) is 0 Å². The van der Waals surface area contributed by atoms with Crippen molar-refractivity contribution in [1.82, 2.24) is 4.98 Å². The quantitative estimate of drug-likeness (QED) is 0.630. The third kappa shape index (κ3) is 0.785. The lowest BCUT2D eigenvalue weighted by Crippen LogP contribution is -1.76. The maximum atomic E-state index is 13.1. The molecule has 0 aliphatic heterocycles. The minimum Gasteiger partial charge on any atom is -0.360 e. The molecule has 0 aliphatic carbocycles. The Morgan fingerprint density at radius 3 is 3.00 bits per heavy atom. The molecule has 58 valence electrons. The van der Waals surface area contributed by atoms with Crippen LogP contribution in [0.4, 0.5) is 4.39 Å². The molecule has 0 unspecified atom stereocenters. The average Bonchev–Trinajstić information content (AvgIpc) is 2.49. The number of hydrogen-bond acceptors (Lipinski definition) is 1. The minimum absolute atomic E-state index is 0.350. The van der Waals surface area contributed by atoms with Gasteiger partial charge in [-0.25, -0.2) is 4.39 Å². The predicted octanol–water partition coefficient (Wildman–Crippen LogP) is 2.18. The summed E-state index contributed by atoms with van der Waals surface area (Å²) in [5.41, 5.74) is 1.01. The van der Waals surface area contributed by atoms with Crippen LogP contribution in [-0.4, -0.2) is 4.98 Å². The number of nitriles is 1. The van der Waals surface area contributed by atoms with Crippen molar-refractivity contribution in [3.63, 3.8) is 0 Å². The number of halogens is 1. The summed E-state index contributed by atoms with van der Waals surface area (Å²) >= 11 is 0. The number of H-pyrrole nitrogens is 1. The van der Waals surface area contributed by atoms with Crippen molar-refractivity contribution in [3.05, 3.63) is 35.8 Å². The summed E-state index contributed by atoms with van der Waals surface area (Å²) in [7, 11) is 0. The SMILES string of the molecule is N#Cc1c[nH]c2cccc(F)c12. The lowest BCUT2D eigenvalue weighted by molar-refractivity contribution is 0.640. The molecule has 0 bridgehead atoms. The summed E-state index contributed by atoms with van der Waals surface area (Å²) in [5, 5.41) is 8.99. The van der Waals surface area contributed by atoms with E-state index in [4.69, 9.17) is 5.26 Å². The van der Waals surface area contributed by atoms with Crippen LogP contribution in [0.1, 0.15) is 5.56 Å². The molecule has 0 atom stereocenters. The predicted molar refractivity (Wildman–Crippen MR) is 43.0 cm³/mol. The van der Waals surface area contributed by atoms with Gasteiger partial charge in [0, 0.05) is 11.7 Å². The highest BCUT2D eigenvalue weighted by molar-refractivity contribution is 5.86. The van der Waals surface area contributed by atoms with E-state index in [1.54, 1.807) is 12.1 Å². The van der Waals surface area contributed by atoms with Crippen LogP contribution in [0.25, 0.3) is 10.9 Å². The summed E-state index contributed by atoms with van der Waals surface area (Å²) in [5.74, 6) is -0.356. The summed E-state index contributed by atoms with van der Waals surface area (Å²) in [6.07, 6.45) is 1.51. The van der Waals surface area contributed by atoms with E-state index in [0.717, 1.165) is 0 Å². The summed E-state index contributed by atoms with van der Waals surface area (Å²) in [6, 6.07) is 6.61. The standard InChI is InChI=1S/C9H5FN2/c10-7-2-1-3-8-9(7)6(4-11)5-12-8/h1-3,5,12H. The highest BCUT2D eigenvalue weighted by Crippen LogP contribution is 2.20. The third-order valence-corrected chi connectivity index (χ3v) is 1.78. The van der Waals surface area contributed by atoms with Crippen LogP contribution in [0.2, 0.25) is 0 Å². The van der Waals surface area contributed by atoms with Gasteiger partial charge >= 0.3 is 0 Å². The van der Waals surface area contributed by atoms with Gasteiger partial charge in [0.2, 0.25) is 0 Å². The average molecular weight is 160 g/mol. The van der Waals surface area contributed by atoms with E-state index in [9.17, 15) is 4.39 Å². The fraction of sp³-hybridized carbons (Fsp3) is 0. The normalized spacial score (nSPS) is 10.0. The van der Waals surface area contributed by atoms with Crippen molar-refractivity contribution in [2.45, 2.75) is 0 Å². The Kier molecular flexibility index (Phi) is 1.34. The number of nitrogens with zero attached hydrogens (tertiary/aromatic N) is 1. The monoisotopic (exact) mass is 160 g/mol. The molecule has 2 aromatic rings. The van der Waals surface area contributed by atoms with Gasteiger partial charge in [-0.3, -0.25) is 0 Å². The van der Waals surface area contributed by atoms with E-state index in [1.807, 2.05) is 6.07 Å². The van der Waals surface area contributed by atoms with Gasteiger partial charge in [0.25, 0.3) is 0 Å². The highest BCUT2D eigenvalue weighted by atomic mass is 19.1. The zero-order chi connectivity index (χ0) is 8.55. The van der Waals surface area contributed by atoms with Gasteiger partial charge in [0.05, 0.1) is 10.9 Å². The number of nitrogens with one attached hydrogen (secondary N) is 1. The number of rotatable bonds is 0. The van der Waals surface area contributed by atoms with Crippen molar-refractivity contribution in [3.8, 4) is 6.07 Å². The van der Waals surface area contributed by atoms with E-state index in [0.29, 0.717) is 16.5 Å². The maximum Gasteiger partial charge on any atom is 0.133 e. The maximum absolute atomic E-state index is 13.1. The molecule has 2 nitrogen and oxygen atoms in total. The molecule has 0 amide bonds. The molecule has 3 heteroatoms. The van der Waals surface area contributed by atoms with Crippen LogP contribution >= 0.6 is 0 Å². The van der Waals surface area contributed by atoms with Crippen LogP contribution in [0, 0.1) is 17.1 Å². The fourth-order valence-corrected chi connectivity index (χ4v) is 1.23. The van der Waals surface area contributed by atoms with E-state index in [2.05, 4.69) is 4.98 Å². The van der Waals surface area contributed by atoms with Crippen LogP contribution in [0.3, 0.4) is 0 Å². The van der Waals surface area contributed by atoms with Gasteiger partial charge in [0.1, 0.15) is 11.9 Å². The zero-order valence-electron chi connectivity index (χ0n) is 6.13. The molecule has 1 heterocycles. The lowest BCUT2D eigenvalue weighted by Gasteiger charge is -1.90. The Labute approximate surface area is 68.2 Å². The second-order valence-electron chi connectivity index (χ2n) is 2.48. The highest BCUT2D eigenvalue weighted by Gasteiger charge is 2.06. The number of benzene rings is 1. The Balaban J connectivity index is 2.95. The van der Waals surface area contributed by atoms with Gasteiger partial charge < -0.3 is 4.98 Å². The molecule has 0 fully saturated rings. The van der Waals surface area contributed by atoms with Gasteiger partial charge in [-0.05, 0) is 12.1 Å². The first-order valence-electron chi connectivity index (χ1n) is 3.48. The van der Waals surface area contributed by atoms with Gasteiger partial charge in [-0.1, -0.05) is 6.07 Å². The number of aromatic nitrogens is 1. The van der Waals surface area contributed by atoms with Gasteiger partial charge in [-0.2, -0.15) is 5.26 Å². The first-order chi connectivity index (χ1) is 5.83. The van der Waals surface area contributed by atoms with Crippen molar-refractivity contribution < 1.29 is 4.39 Å². The van der Waals surface area contributed by atoms with E-state index < -0.39 is 0 Å². The Hall–Kier alpha value is -1.82. The molecule has 0 saturated heterocycles. The molecule has 2 rings (SSSR count). The van der Waals surface area contributed by atoms with Gasteiger partial charge in [0.15, 0.2) is 0 Å². The number of aromatic amines is 1. The molecular formula is C9H5FN2. The van der Waals surface area contributed by atoms with E-state index >= 15 is 0 Å². The number of hydrogen-bond donors (Lipinski definition) is 1. The van der Waals surface area contributed by atoms with Crippen molar-refractivity contribution in [2.24, 2.45) is 0 Å². The molecule has 0 saturated carbocycles. The molecule has 1 aromatic carbocycles. The molecule has 0 spiro atoms. The molecular weight excluding hydrogens is 155 g/mol. The molecule has 0 radical (unpaired) electrons. The minimum atomic E-state index is -0.356. The second-order valence-corrected chi connectivity index (χ2v) is 2.48. The van der Waals surface area contributed by atoms with Crippen LogP contribution in [0.15, 0.2) is 24.4 Å². The van der Waals surface area contributed by atoms with Crippen LogP contribution in [0.5, 0.6) is 0 Å². The van der Waals surface area contributed by atoms with E-state index in [-0.39, 0.29) is 5.82 Å². The number of fused-ring (bicyclic) bond motifs is 1. The van der Waals surface area contributed by atoms with Crippen molar-refractivity contribution in [1.29, 1.82) is 5.26 Å². The Bertz CT molecular complexity index is 465. The molecule has 0 aliphatic rings. The lowest BCUT2D eigenvalue weighted by atomic mass is 10.2. The first-order valence-corrected chi connectivity index (χ1v) is 3.48. The summed E-state index contributed by atoms with van der Waals surface area (Å²) < 4.78 is 13.1. The van der Waals surface area contributed by atoms with Crippen LogP contribution < -0.4 is 0 Å². The van der Waals surface area contributed by atoms with Gasteiger partial charge in [-0.15, -0.1) is 0 Å².